The second kappa shape index (κ2) is 15.7. The van der Waals surface area contributed by atoms with Gasteiger partial charge >= 0.3 is 5.69 Å². The topological polar surface area (TPSA) is 135 Å². The lowest BCUT2D eigenvalue weighted by Crippen LogP contribution is -2.42. The molecule has 0 atom stereocenters. The molecule has 1 fully saturated rings. The van der Waals surface area contributed by atoms with Crippen LogP contribution < -0.4 is 35.5 Å². The van der Waals surface area contributed by atoms with Crippen LogP contribution in [0.25, 0.3) is 16.6 Å². The number of fused-ring (bicyclic) bond motifs is 3. The molecule has 2 aliphatic heterocycles. The van der Waals surface area contributed by atoms with Gasteiger partial charge in [0.1, 0.15) is 36.1 Å². The summed E-state index contributed by atoms with van der Waals surface area (Å²) >= 11 is 6.67. The average molecular weight is 746 g/mol. The van der Waals surface area contributed by atoms with Gasteiger partial charge in [-0.1, -0.05) is 11.6 Å². The van der Waals surface area contributed by atoms with Gasteiger partial charge in [-0.2, -0.15) is 0 Å². The van der Waals surface area contributed by atoms with Crippen LogP contribution in [-0.2, 0) is 4.74 Å². The molecule has 0 spiro atoms. The molecule has 0 unspecified atom stereocenters. The number of hydrogen-bond donors (Lipinski definition) is 1. The third kappa shape index (κ3) is 7.70. The summed E-state index contributed by atoms with van der Waals surface area (Å²) < 4.78 is 45.7. The van der Waals surface area contributed by atoms with E-state index < -0.39 is 23.0 Å². The lowest BCUT2D eigenvalue weighted by molar-refractivity contribution is 0.0357. The van der Waals surface area contributed by atoms with Gasteiger partial charge in [-0.05, 0) is 68.8 Å². The van der Waals surface area contributed by atoms with Gasteiger partial charge in [0.2, 0.25) is 5.75 Å². The molecule has 15 heteroatoms. The standard InChI is InChI=1S/C38H37ClFN5O8/c1-23(2)44-22-27(37(47)45(38(44)48)26-7-4-24(40)5-8-26)36(46)42-25-6-9-30(28(39)20-25)53-31-10-11-41-29-21-32(34-35(33(29)31)52-19-18-51-34)50-15-3-12-43-13-16-49-17-14-43/h4-11,20-23H,3,12-19H2,1-2H3,(H,42,46). The normalized spacial score (nSPS) is 14.4. The molecule has 2 aliphatic rings. The second-order valence-corrected chi connectivity index (χ2v) is 13.1. The van der Waals surface area contributed by atoms with Crippen molar-refractivity contribution in [1.29, 1.82) is 0 Å². The van der Waals surface area contributed by atoms with E-state index in [9.17, 15) is 18.8 Å². The van der Waals surface area contributed by atoms with E-state index in [0.717, 1.165) is 56.0 Å². The predicted octanol–water partition coefficient (Wildman–Crippen LogP) is 5.84. The molecule has 5 aromatic rings. The van der Waals surface area contributed by atoms with E-state index in [0.29, 0.717) is 53.7 Å². The molecule has 53 heavy (non-hydrogen) atoms. The first-order valence-electron chi connectivity index (χ1n) is 17.2. The first-order chi connectivity index (χ1) is 25.7. The number of rotatable bonds is 11. The van der Waals surface area contributed by atoms with E-state index in [2.05, 4.69) is 15.2 Å². The first-order valence-corrected chi connectivity index (χ1v) is 17.6. The SMILES string of the molecule is CC(C)n1cc(C(=O)Nc2ccc(Oc3ccnc4cc(OCCCN5CCOCC5)c5c(c34)OCCO5)c(Cl)c2)c(=O)n(-c2ccc(F)cc2)c1=O. The number of pyridine rings is 1. The van der Waals surface area contributed by atoms with E-state index in [4.69, 9.17) is 35.3 Å². The number of carbonyl (C=O) groups is 1. The van der Waals surface area contributed by atoms with Crippen molar-refractivity contribution in [2.24, 2.45) is 0 Å². The van der Waals surface area contributed by atoms with Gasteiger partial charge in [-0.15, -0.1) is 0 Å². The number of ether oxygens (including phenoxy) is 5. The van der Waals surface area contributed by atoms with Gasteiger partial charge < -0.3 is 29.0 Å². The Labute approximate surface area is 308 Å². The number of nitrogens with one attached hydrogen (secondary N) is 1. The molecule has 4 heterocycles. The number of anilines is 1. The summed E-state index contributed by atoms with van der Waals surface area (Å²) in [5.41, 5.74) is -0.851. The van der Waals surface area contributed by atoms with Crippen molar-refractivity contribution in [1.82, 2.24) is 19.0 Å². The molecule has 7 rings (SSSR count). The van der Waals surface area contributed by atoms with Crippen LogP contribution in [0.1, 0.15) is 36.7 Å². The maximum absolute atomic E-state index is 13.6. The molecule has 1 saturated heterocycles. The fraction of sp³-hybridized carbons (Fsp3) is 0.316. The van der Waals surface area contributed by atoms with Crippen molar-refractivity contribution >= 4 is 34.1 Å². The van der Waals surface area contributed by atoms with Crippen LogP contribution in [0.3, 0.4) is 0 Å². The smallest absolute Gasteiger partial charge is 0.335 e. The van der Waals surface area contributed by atoms with Gasteiger partial charge in [0.15, 0.2) is 11.5 Å². The minimum atomic E-state index is -0.859. The first kappa shape index (κ1) is 35.9. The van der Waals surface area contributed by atoms with Crippen molar-refractivity contribution in [2.75, 3.05) is 58.0 Å². The van der Waals surface area contributed by atoms with Gasteiger partial charge in [0.25, 0.3) is 11.5 Å². The van der Waals surface area contributed by atoms with Crippen molar-refractivity contribution in [3.05, 3.63) is 104 Å². The zero-order valence-electron chi connectivity index (χ0n) is 29.1. The van der Waals surface area contributed by atoms with E-state index in [1.54, 1.807) is 44.3 Å². The number of benzene rings is 3. The Morgan fingerprint density at radius 1 is 0.962 bits per heavy atom. The minimum absolute atomic E-state index is 0.125. The van der Waals surface area contributed by atoms with Crippen LogP contribution in [0, 0.1) is 5.82 Å². The summed E-state index contributed by atoms with van der Waals surface area (Å²) in [6.45, 7) is 8.87. The highest BCUT2D eigenvalue weighted by atomic mass is 35.5. The number of amides is 1. The molecule has 276 valence electrons. The third-order valence-corrected chi connectivity index (χ3v) is 9.13. The fourth-order valence-electron chi connectivity index (χ4n) is 6.16. The average Bonchev–Trinajstić information content (AvgIpc) is 3.15. The Kier molecular flexibility index (Phi) is 10.6. The van der Waals surface area contributed by atoms with Gasteiger partial charge in [0.05, 0.1) is 41.4 Å². The molecule has 1 amide bonds. The maximum Gasteiger partial charge on any atom is 0.335 e. The van der Waals surface area contributed by atoms with Gasteiger partial charge in [-0.25, -0.2) is 13.8 Å². The summed E-state index contributed by atoms with van der Waals surface area (Å²) in [4.78, 5) is 47.1. The number of hydrogen-bond acceptors (Lipinski definition) is 10. The highest BCUT2D eigenvalue weighted by Crippen LogP contribution is 2.49. The van der Waals surface area contributed by atoms with Crippen LogP contribution in [0.15, 0.2) is 76.6 Å². The molecule has 3 aromatic carbocycles. The Morgan fingerprint density at radius 2 is 1.72 bits per heavy atom. The Morgan fingerprint density at radius 3 is 2.45 bits per heavy atom. The summed E-state index contributed by atoms with van der Waals surface area (Å²) in [6.07, 6.45) is 3.65. The molecule has 0 aliphatic carbocycles. The summed E-state index contributed by atoms with van der Waals surface area (Å²) in [7, 11) is 0. The molecule has 0 radical (unpaired) electrons. The zero-order valence-corrected chi connectivity index (χ0v) is 29.9. The van der Waals surface area contributed by atoms with Crippen LogP contribution in [0.4, 0.5) is 10.1 Å². The quantitative estimate of drug-likeness (QED) is 0.164. The summed E-state index contributed by atoms with van der Waals surface area (Å²) in [5.74, 6) is 0.837. The summed E-state index contributed by atoms with van der Waals surface area (Å²) in [5, 5.41) is 3.42. The van der Waals surface area contributed by atoms with Crippen molar-refractivity contribution < 1.29 is 32.9 Å². The van der Waals surface area contributed by atoms with Gasteiger partial charge in [-0.3, -0.25) is 24.0 Å². The predicted molar refractivity (Wildman–Crippen MR) is 196 cm³/mol. The number of halogens is 2. The molecule has 0 saturated carbocycles. The van der Waals surface area contributed by atoms with Crippen molar-refractivity contribution in [3.63, 3.8) is 0 Å². The zero-order chi connectivity index (χ0) is 37.1. The Balaban J connectivity index is 1.11. The van der Waals surface area contributed by atoms with Crippen molar-refractivity contribution in [2.45, 2.75) is 26.3 Å². The lowest BCUT2D eigenvalue weighted by atomic mass is 10.1. The van der Waals surface area contributed by atoms with Gasteiger partial charge in [0, 0.05) is 49.8 Å². The van der Waals surface area contributed by atoms with E-state index in [1.807, 2.05) is 0 Å². The molecule has 0 bridgehead atoms. The Bertz CT molecular complexity index is 2270. The molecule has 13 nitrogen and oxygen atoms in total. The van der Waals surface area contributed by atoms with Crippen LogP contribution in [0.5, 0.6) is 28.7 Å². The summed E-state index contributed by atoms with van der Waals surface area (Å²) in [6, 6.07) is 12.6. The van der Waals surface area contributed by atoms with Crippen LogP contribution in [-0.4, -0.2) is 77.6 Å². The molecular formula is C38H37ClFN5O8. The monoisotopic (exact) mass is 745 g/mol. The van der Waals surface area contributed by atoms with Crippen LogP contribution >= 0.6 is 11.6 Å². The fourth-order valence-corrected chi connectivity index (χ4v) is 6.37. The number of nitrogens with zero attached hydrogens (tertiary/aromatic N) is 4. The largest absolute Gasteiger partial charge is 0.489 e. The molecule has 1 N–H and O–H groups in total. The lowest BCUT2D eigenvalue weighted by Gasteiger charge is -2.26. The molecular weight excluding hydrogens is 709 g/mol. The second-order valence-electron chi connectivity index (χ2n) is 12.7. The van der Waals surface area contributed by atoms with Crippen LogP contribution in [0.2, 0.25) is 5.02 Å². The maximum atomic E-state index is 13.6. The van der Waals surface area contributed by atoms with E-state index in [-0.39, 0.29) is 33.8 Å². The van der Waals surface area contributed by atoms with Crippen molar-refractivity contribution in [3.8, 4) is 34.4 Å². The Hall–Kier alpha value is -5.44. The highest BCUT2D eigenvalue weighted by Gasteiger charge is 2.26. The minimum Gasteiger partial charge on any atom is -0.489 e. The number of carbonyl (C=O) groups excluding carboxylic acids is 1. The third-order valence-electron chi connectivity index (χ3n) is 8.83. The number of morpholine rings is 1. The van der Waals surface area contributed by atoms with E-state index in [1.165, 1.54) is 29.0 Å². The molecule has 2 aromatic heterocycles. The number of aromatic nitrogens is 3. The highest BCUT2D eigenvalue weighted by molar-refractivity contribution is 6.32. The van der Waals surface area contributed by atoms with E-state index >= 15 is 0 Å².